The van der Waals surface area contributed by atoms with E-state index in [2.05, 4.69) is 4.98 Å². The second-order valence-corrected chi connectivity index (χ2v) is 8.30. The molecule has 4 rings (SSSR count). The molecule has 0 N–H and O–H groups in total. The molecule has 0 saturated heterocycles. The first-order chi connectivity index (χ1) is 14.8. The summed E-state index contributed by atoms with van der Waals surface area (Å²) in [6, 6.07) is 14.9. The maximum absolute atomic E-state index is 13.3. The number of imidazole rings is 1. The molecular formula is C22H21Cl2N5O2. The highest BCUT2D eigenvalue weighted by Crippen LogP contribution is 2.22. The van der Waals surface area contributed by atoms with Gasteiger partial charge in [0.15, 0.2) is 11.2 Å². The molecule has 0 aliphatic heterocycles. The summed E-state index contributed by atoms with van der Waals surface area (Å²) in [5.74, 6) is 0.591. The average Bonchev–Trinajstić information content (AvgIpc) is 3.09. The van der Waals surface area contributed by atoms with E-state index >= 15 is 0 Å². The highest BCUT2D eigenvalue weighted by Gasteiger charge is 2.21. The van der Waals surface area contributed by atoms with Crippen LogP contribution in [0.3, 0.4) is 0 Å². The van der Waals surface area contributed by atoms with Gasteiger partial charge in [-0.05, 0) is 23.3 Å². The molecule has 0 amide bonds. The van der Waals surface area contributed by atoms with Crippen molar-refractivity contribution >= 4 is 40.3 Å². The fraction of sp³-hybridized carbons (Fsp3) is 0.227. The molecule has 0 atom stereocenters. The predicted octanol–water partition coefficient (Wildman–Crippen LogP) is 3.43. The SMILES string of the molecule is CN(Cc1ccccc1)c1nc2c(c(=O)n(Cc3ccc(Cl)cc3Cl)c(=O)n2C)n1C. The van der Waals surface area contributed by atoms with E-state index in [4.69, 9.17) is 23.2 Å². The topological polar surface area (TPSA) is 65.1 Å². The normalized spacial score (nSPS) is 11.3. The van der Waals surface area contributed by atoms with Gasteiger partial charge >= 0.3 is 5.69 Å². The molecule has 4 aromatic rings. The third kappa shape index (κ3) is 3.86. The van der Waals surface area contributed by atoms with E-state index in [0.29, 0.717) is 39.3 Å². The Labute approximate surface area is 188 Å². The van der Waals surface area contributed by atoms with Crippen LogP contribution in [-0.2, 0) is 27.2 Å². The zero-order valence-electron chi connectivity index (χ0n) is 17.3. The lowest BCUT2D eigenvalue weighted by molar-refractivity contribution is 0.655. The molecule has 0 bridgehead atoms. The van der Waals surface area contributed by atoms with Crippen LogP contribution in [0.2, 0.25) is 10.0 Å². The van der Waals surface area contributed by atoms with Crippen molar-refractivity contribution in [1.29, 1.82) is 0 Å². The number of nitrogens with zero attached hydrogens (tertiary/aromatic N) is 5. The molecule has 2 aromatic heterocycles. The van der Waals surface area contributed by atoms with Gasteiger partial charge < -0.3 is 9.47 Å². The van der Waals surface area contributed by atoms with E-state index in [1.54, 1.807) is 36.9 Å². The van der Waals surface area contributed by atoms with Crippen molar-refractivity contribution in [3.63, 3.8) is 0 Å². The summed E-state index contributed by atoms with van der Waals surface area (Å²) in [5.41, 5.74) is 1.55. The number of hydrogen-bond donors (Lipinski definition) is 0. The Morgan fingerprint density at radius 3 is 2.39 bits per heavy atom. The van der Waals surface area contributed by atoms with E-state index in [-0.39, 0.29) is 6.54 Å². The van der Waals surface area contributed by atoms with Gasteiger partial charge in [0.1, 0.15) is 0 Å². The third-order valence-corrected chi connectivity index (χ3v) is 5.87. The summed E-state index contributed by atoms with van der Waals surface area (Å²) in [6.07, 6.45) is 0. The highest BCUT2D eigenvalue weighted by molar-refractivity contribution is 6.35. The number of fused-ring (bicyclic) bond motifs is 1. The van der Waals surface area contributed by atoms with Gasteiger partial charge in [-0.2, -0.15) is 4.98 Å². The molecule has 2 heterocycles. The minimum atomic E-state index is -0.459. The number of aryl methyl sites for hydroxylation is 2. The van der Waals surface area contributed by atoms with Crippen LogP contribution in [0.15, 0.2) is 58.1 Å². The second-order valence-electron chi connectivity index (χ2n) is 7.45. The fourth-order valence-corrected chi connectivity index (χ4v) is 4.13. The Morgan fingerprint density at radius 1 is 1.00 bits per heavy atom. The largest absolute Gasteiger partial charge is 0.341 e. The molecule has 9 heteroatoms. The van der Waals surface area contributed by atoms with Crippen LogP contribution in [0.4, 0.5) is 5.95 Å². The second kappa shape index (κ2) is 8.24. The van der Waals surface area contributed by atoms with Crippen molar-refractivity contribution in [2.45, 2.75) is 13.1 Å². The lowest BCUT2D eigenvalue weighted by atomic mass is 10.2. The predicted molar refractivity (Wildman–Crippen MR) is 124 cm³/mol. The smallest absolute Gasteiger partial charge is 0.332 e. The summed E-state index contributed by atoms with van der Waals surface area (Å²) < 4.78 is 4.28. The highest BCUT2D eigenvalue weighted by atomic mass is 35.5. The lowest BCUT2D eigenvalue weighted by Gasteiger charge is -2.18. The summed E-state index contributed by atoms with van der Waals surface area (Å²) in [4.78, 5) is 32.8. The Hall–Kier alpha value is -3.03. The molecule has 0 saturated carbocycles. The van der Waals surface area contributed by atoms with Crippen LogP contribution in [-0.4, -0.2) is 25.7 Å². The Morgan fingerprint density at radius 2 is 1.71 bits per heavy atom. The first-order valence-electron chi connectivity index (χ1n) is 9.63. The Kier molecular flexibility index (Phi) is 5.64. The molecule has 0 radical (unpaired) electrons. The number of rotatable bonds is 5. The van der Waals surface area contributed by atoms with E-state index in [9.17, 15) is 9.59 Å². The van der Waals surface area contributed by atoms with Gasteiger partial charge in [-0.25, -0.2) is 4.79 Å². The summed E-state index contributed by atoms with van der Waals surface area (Å²) in [6.45, 7) is 0.651. The van der Waals surface area contributed by atoms with Crippen LogP contribution >= 0.6 is 23.2 Å². The van der Waals surface area contributed by atoms with Crippen molar-refractivity contribution in [3.05, 3.63) is 90.5 Å². The van der Waals surface area contributed by atoms with Crippen LogP contribution in [0, 0.1) is 0 Å². The fourth-order valence-electron chi connectivity index (χ4n) is 3.66. The van der Waals surface area contributed by atoms with E-state index in [1.165, 1.54) is 9.13 Å². The van der Waals surface area contributed by atoms with E-state index < -0.39 is 11.2 Å². The van der Waals surface area contributed by atoms with Gasteiger partial charge in [0.25, 0.3) is 5.56 Å². The molecule has 0 unspecified atom stereocenters. The minimum Gasteiger partial charge on any atom is -0.341 e. The number of benzene rings is 2. The van der Waals surface area contributed by atoms with Crippen molar-refractivity contribution < 1.29 is 0 Å². The average molecular weight is 458 g/mol. The standard InChI is InChI=1S/C22H21Cl2N5O2/c1-26(12-14-7-5-4-6-8-14)21-25-19-18(27(21)2)20(30)29(22(31)28(19)3)13-15-9-10-16(23)11-17(15)24/h4-11H,12-13H2,1-3H3. The van der Waals surface area contributed by atoms with Crippen LogP contribution in [0.1, 0.15) is 11.1 Å². The number of hydrogen-bond acceptors (Lipinski definition) is 4. The number of anilines is 1. The first-order valence-corrected chi connectivity index (χ1v) is 10.4. The Bertz CT molecular complexity index is 1390. The van der Waals surface area contributed by atoms with Gasteiger partial charge in [0, 0.05) is 37.7 Å². The number of aromatic nitrogens is 4. The van der Waals surface area contributed by atoms with Crippen molar-refractivity contribution in [2.24, 2.45) is 14.1 Å². The monoisotopic (exact) mass is 457 g/mol. The van der Waals surface area contributed by atoms with Gasteiger partial charge in [-0.1, -0.05) is 59.6 Å². The van der Waals surface area contributed by atoms with Gasteiger partial charge in [0.2, 0.25) is 5.95 Å². The first kappa shape index (κ1) is 21.2. The zero-order valence-corrected chi connectivity index (χ0v) is 18.9. The van der Waals surface area contributed by atoms with Crippen molar-refractivity contribution in [1.82, 2.24) is 18.7 Å². The molecular weight excluding hydrogens is 437 g/mol. The Balaban J connectivity index is 1.81. The quantitative estimate of drug-likeness (QED) is 0.460. The molecule has 160 valence electrons. The minimum absolute atomic E-state index is 0.0395. The van der Waals surface area contributed by atoms with Gasteiger partial charge in [0.05, 0.1) is 6.54 Å². The zero-order chi connectivity index (χ0) is 22.3. The van der Waals surface area contributed by atoms with Gasteiger partial charge in [-0.3, -0.25) is 13.9 Å². The summed E-state index contributed by atoms with van der Waals surface area (Å²) in [7, 11) is 5.29. The molecule has 0 fully saturated rings. The molecule has 2 aromatic carbocycles. The lowest BCUT2D eigenvalue weighted by Crippen LogP contribution is -2.39. The van der Waals surface area contributed by atoms with Gasteiger partial charge in [-0.15, -0.1) is 0 Å². The van der Waals surface area contributed by atoms with E-state index in [0.717, 1.165) is 5.56 Å². The molecule has 0 aliphatic carbocycles. The maximum Gasteiger partial charge on any atom is 0.332 e. The summed E-state index contributed by atoms with van der Waals surface area (Å²) >= 11 is 12.2. The van der Waals surface area contributed by atoms with Crippen molar-refractivity contribution in [3.8, 4) is 0 Å². The number of halogens is 2. The van der Waals surface area contributed by atoms with Crippen molar-refractivity contribution in [2.75, 3.05) is 11.9 Å². The summed E-state index contributed by atoms with van der Waals surface area (Å²) in [5, 5.41) is 0.886. The molecule has 7 nitrogen and oxygen atoms in total. The van der Waals surface area contributed by atoms with Crippen LogP contribution < -0.4 is 16.1 Å². The maximum atomic E-state index is 13.3. The van der Waals surface area contributed by atoms with Crippen LogP contribution in [0.25, 0.3) is 11.2 Å². The molecule has 0 aliphatic rings. The van der Waals surface area contributed by atoms with E-state index in [1.807, 2.05) is 42.3 Å². The molecule has 0 spiro atoms. The molecule has 31 heavy (non-hydrogen) atoms. The van der Waals surface area contributed by atoms with Crippen LogP contribution in [0.5, 0.6) is 0 Å². The third-order valence-electron chi connectivity index (χ3n) is 5.28.